The number of aromatic nitrogens is 2. The zero-order valence-corrected chi connectivity index (χ0v) is 20.0. The zero-order valence-electron chi connectivity index (χ0n) is 20.0. The van der Waals surface area contributed by atoms with Crippen molar-refractivity contribution in [1.29, 1.82) is 0 Å². The first kappa shape index (κ1) is 25.3. The molecule has 37 heavy (non-hydrogen) atoms. The molecule has 9 nitrogen and oxygen atoms in total. The Hall–Kier alpha value is -4.76. The summed E-state index contributed by atoms with van der Waals surface area (Å²) in [5, 5.41) is 11.5. The van der Waals surface area contributed by atoms with Gasteiger partial charge in [-0.25, -0.2) is 9.59 Å². The SMILES string of the molecule is Cn1c(=O)c(C(=O)COC(=O)C(O)(c2ccccc2)c2ccccc2)c(N)n(Cc2ccccc2)c1=O. The Labute approximate surface area is 212 Å². The molecule has 0 spiro atoms. The molecule has 188 valence electrons. The number of Topliss-reactive ketones (excluding diaryl/α,β-unsaturated/α-hetero) is 1. The van der Waals surface area contributed by atoms with E-state index in [0.717, 1.165) is 14.7 Å². The number of hydrogen-bond donors (Lipinski definition) is 2. The third-order valence-corrected chi connectivity index (χ3v) is 6.06. The summed E-state index contributed by atoms with van der Waals surface area (Å²) < 4.78 is 7.12. The molecule has 0 aliphatic rings. The van der Waals surface area contributed by atoms with E-state index >= 15 is 0 Å². The van der Waals surface area contributed by atoms with Crippen LogP contribution in [-0.2, 0) is 28.7 Å². The third kappa shape index (κ3) is 4.85. The number of anilines is 1. The van der Waals surface area contributed by atoms with Crippen LogP contribution in [0.25, 0.3) is 0 Å². The number of nitrogens with zero attached hydrogens (tertiary/aromatic N) is 2. The Morgan fingerprint density at radius 3 is 1.86 bits per heavy atom. The lowest BCUT2D eigenvalue weighted by molar-refractivity contribution is -0.160. The Morgan fingerprint density at radius 2 is 1.35 bits per heavy atom. The fraction of sp³-hybridized carbons (Fsp3) is 0.143. The van der Waals surface area contributed by atoms with Gasteiger partial charge in [-0.3, -0.25) is 18.7 Å². The largest absolute Gasteiger partial charge is 0.455 e. The fourth-order valence-corrected chi connectivity index (χ4v) is 4.03. The maximum atomic E-state index is 13.2. The van der Waals surface area contributed by atoms with Crippen molar-refractivity contribution in [3.8, 4) is 0 Å². The zero-order chi connectivity index (χ0) is 26.6. The monoisotopic (exact) mass is 499 g/mol. The number of benzene rings is 3. The number of carbonyl (C=O) groups is 2. The second kappa shape index (κ2) is 10.5. The molecule has 4 aromatic rings. The standard InChI is InChI=1S/C28H25N3O6/c1-30-25(33)23(24(29)31(27(30)35)17-19-11-5-2-6-12-19)22(32)18-37-26(34)28(36,20-13-7-3-8-14-20)21-15-9-4-10-16-21/h2-16,36H,17-18,29H2,1H3. The average Bonchev–Trinajstić information content (AvgIpc) is 2.94. The molecule has 9 heteroatoms. The van der Waals surface area contributed by atoms with Gasteiger partial charge in [0.25, 0.3) is 5.56 Å². The number of aliphatic hydroxyl groups is 1. The highest BCUT2D eigenvalue weighted by Crippen LogP contribution is 2.31. The normalized spacial score (nSPS) is 11.2. The van der Waals surface area contributed by atoms with E-state index in [-0.39, 0.29) is 23.5 Å². The molecule has 0 fully saturated rings. The highest BCUT2D eigenvalue weighted by Gasteiger charge is 2.42. The molecule has 0 unspecified atom stereocenters. The van der Waals surface area contributed by atoms with Crippen LogP contribution in [0.2, 0.25) is 0 Å². The van der Waals surface area contributed by atoms with Gasteiger partial charge >= 0.3 is 11.7 Å². The Bertz CT molecular complexity index is 1500. The number of ketones is 1. The molecule has 3 aromatic carbocycles. The lowest BCUT2D eigenvalue weighted by atomic mass is 9.86. The molecule has 0 aliphatic carbocycles. The topological polar surface area (TPSA) is 134 Å². The lowest BCUT2D eigenvalue weighted by Gasteiger charge is -2.27. The van der Waals surface area contributed by atoms with Gasteiger partial charge in [-0.05, 0) is 16.7 Å². The van der Waals surface area contributed by atoms with E-state index in [2.05, 4.69) is 0 Å². The van der Waals surface area contributed by atoms with Crippen molar-refractivity contribution in [2.75, 3.05) is 12.3 Å². The minimum atomic E-state index is -2.20. The minimum absolute atomic E-state index is 0.0292. The van der Waals surface area contributed by atoms with Crippen molar-refractivity contribution in [2.45, 2.75) is 12.1 Å². The van der Waals surface area contributed by atoms with E-state index < -0.39 is 40.8 Å². The van der Waals surface area contributed by atoms with Gasteiger partial charge in [-0.1, -0.05) is 91.0 Å². The average molecular weight is 500 g/mol. The van der Waals surface area contributed by atoms with Crippen LogP contribution in [0.5, 0.6) is 0 Å². The van der Waals surface area contributed by atoms with Crippen LogP contribution < -0.4 is 17.0 Å². The molecule has 0 radical (unpaired) electrons. The van der Waals surface area contributed by atoms with Gasteiger partial charge in [-0.15, -0.1) is 0 Å². The maximum Gasteiger partial charge on any atom is 0.348 e. The molecule has 4 rings (SSSR count). The summed E-state index contributed by atoms with van der Waals surface area (Å²) in [7, 11) is 1.23. The second-order valence-electron chi connectivity index (χ2n) is 8.42. The first-order valence-corrected chi connectivity index (χ1v) is 11.4. The summed E-state index contributed by atoms with van der Waals surface area (Å²) in [4.78, 5) is 51.8. The smallest absolute Gasteiger partial charge is 0.348 e. The Kier molecular flexibility index (Phi) is 7.17. The molecule has 0 aliphatic heterocycles. The third-order valence-electron chi connectivity index (χ3n) is 6.06. The van der Waals surface area contributed by atoms with Crippen LogP contribution in [0.3, 0.4) is 0 Å². The van der Waals surface area contributed by atoms with E-state index in [0.29, 0.717) is 0 Å². The van der Waals surface area contributed by atoms with Gasteiger partial charge in [0, 0.05) is 7.05 Å². The van der Waals surface area contributed by atoms with E-state index in [1.807, 2.05) is 6.07 Å². The summed E-state index contributed by atoms with van der Waals surface area (Å²) in [6, 6.07) is 25.2. The summed E-state index contributed by atoms with van der Waals surface area (Å²) in [6.07, 6.45) is 0. The van der Waals surface area contributed by atoms with Crippen molar-refractivity contribution >= 4 is 17.6 Å². The molecule has 1 aromatic heterocycles. The molecular formula is C28H25N3O6. The molecule has 3 N–H and O–H groups in total. The van der Waals surface area contributed by atoms with Crippen LogP contribution >= 0.6 is 0 Å². The number of carbonyl (C=O) groups excluding carboxylic acids is 2. The first-order valence-electron chi connectivity index (χ1n) is 11.4. The van der Waals surface area contributed by atoms with E-state index in [1.165, 1.54) is 7.05 Å². The van der Waals surface area contributed by atoms with Crippen LogP contribution in [0.1, 0.15) is 27.0 Å². The van der Waals surface area contributed by atoms with Crippen molar-refractivity contribution in [2.24, 2.45) is 7.05 Å². The van der Waals surface area contributed by atoms with Crippen LogP contribution in [0.4, 0.5) is 5.82 Å². The molecule has 0 bridgehead atoms. The quantitative estimate of drug-likeness (QED) is 0.279. The minimum Gasteiger partial charge on any atom is -0.455 e. The number of esters is 1. The maximum absolute atomic E-state index is 13.2. The summed E-state index contributed by atoms with van der Waals surface area (Å²) in [5.41, 5.74) is 3.05. The predicted molar refractivity (Wildman–Crippen MR) is 137 cm³/mol. The van der Waals surface area contributed by atoms with Crippen molar-refractivity contribution in [3.63, 3.8) is 0 Å². The number of nitrogens with two attached hydrogens (primary N) is 1. The van der Waals surface area contributed by atoms with Crippen LogP contribution in [0, 0.1) is 0 Å². The predicted octanol–water partition coefficient (Wildman–Crippen LogP) is 1.84. The van der Waals surface area contributed by atoms with E-state index in [9.17, 15) is 24.3 Å². The number of nitrogen functional groups attached to an aromatic ring is 1. The van der Waals surface area contributed by atoms with Gasteiger partial charge in [-0.2, -0.15) is 0 Å². The highest BCUT2D eigenvalue weighted by molar-refractivity contribution is 6.01. The van der Waals surface area contributed by atoms with Crippen LogP contribution in [-0.4, -0.2) is 32.6 Å². The highest BCUT2D eigenvalue weighted by atomic mass is 16.6. The molecule has 1 heterocycles. The summed E-state index contributed by atoms with van der Waals surface area (Å²) in [5.74, 6) is -2.35. The fourth-order valence-electron chi connectivity index (χ4n) is 4.03. The molecule has 0 saturated heterocycles. The second-order valence-corrected chi connectivity index (χ2v) is 8.42. The van der Waals surface area contributed by atoms with Gasteiger partial charge in [0.2, 0.25) is 11.4 Å². The number of hydrogen-bond acceptors (Lipinski definition) is 7. The van der Waals surface area contributed by atoms with Gasteiger partial charge < -0.3 is 15.6 Å². The van der Waals surface area contributed by atoms with Crippen LogP contribution in [0.15, 0.2) is 101 Å². The Morgan fingerprint density at radius 1 is 0.865 bits per heavy atom. The van der Waals surface area contributed by atoms with E-state index in [1.54, 1.807) is 84.9 Å². The Balaban J connectivity index is 1.65. The molecule has 0 amide bonds. The van der Waals surface area contributed by atoms with Gasteiger partial charge in [0.15, 0.2) is 6.61 Å². The van der Waals surface area contributed by atoms with Crippen molar-refractivity contribution in [3.05, 3.63) is 134 Å². The molecule has 0 atom stereocenters. The van der Waals surface area contributed by atoms with Crippen molar-refractivity contribution < 1.29 is 19.4 Å². The first-order chi connectivity index (χ1) is 17.7. The van der Waals surface area contributed by atoms with Crippen molar-refractivity contribution in [1.82, 2.24) is 9.13 Å². The van der Waals surface area contributed by atoms with Gasteiger partial charge in [0.05, 0.1) is 6.54 Å². The summed E-state index contributed by atoms with van der Waals surface area (Å²) >= 11 is 0. The summed E-state index contributed by atoms with van der Waals surface area (Å²) in [6.45, 7) is -0.842. The lowest BCUT2D eigenvalue weighted by Crippen LogP contribution is -2.44. The molecular weight excluding hydrogens is 474 g/mol. The van der Waals surface area contributed by atoms with Gasteiger partial charge in [0.1, 0.15) is 11.4 Å². The molecule has 0 saturated carbocycles. The van der Waals surface area contributed by atoms with E-state index in [4.69, 9.17) is 10.5 Å². The number of ether oxygens (including phenoxy) is 1. The number of rotatable bonds is 8.